The van der Waals surface area contributed by atoms with Crippen LogP contribution in [-0.4, -0.2) is 28.8 Å². The SMILES string of the molecule is CNC(C)CCS(=O)CC(C)C. The zero-order valence-electron chi connectivity index (χ0n) is 8.59. The summed E-state index contributed by atoms with van der Waals surface area (Å²) in [4.78, 5) is 0. The van der Waals surface area contributed by atoms with E-state index in [-0.39, 0.29) is 0 Å². The molecule has 0 amide bonds. The fourth-order valence-electron chi connectivity index (χ4n) is 0.908. The molecule has 12 heavy (non-hydrogen) atoms. The molecule has 0 aromatic heterocycles. The van der Waals surface area contributed by atoms with Gasteiger partial charge in [0, 0.05) is 28.3 Å². The van der Waals surface area contributed by atoms with E-state index in [1.807, 2.05) is 7.05 Å². The molecule has 0 fully saturated rings. The summed E-state index contributed by atoms with van der Waals surface area (Å²) in [5.74, 6) is 2.23. The molecule has 3 heteroatoms. The molecule has 74 valence electrons. The van der Waals surface area contributed by atoms with Gasteiger partial charge in [-0.15, -0.1) is 0 Å². The Balaban J connectivity index is 3.44. The largest absolute Gasteiger partial charge is 0.317 e. The molecule has 2 nitrogen and oxygen atoms in total. The van der Waals surface area contributed by atoms with E-state index >= 15 is 0 Å². The summed E-state index contributed by atoms with van der Waals surface area (Å²) in [5, 5.41) is 3.14. The topological polar surface area (TPSA) is 29.1 Å². The van der Waals surface area contributed by atoms with E-state index in [1.165, 1.54) is 0 Å². The first-order valence-electron chi connectivity index (χ1n) is 4.58. The summed E-state index contributed by atoms with van der Waals surface area (Å²) in [7, 11) is 1.33. The summed E-state index contributed by atoms with van der Waals surface area (Å²) >= 11 is 0. The normalized spacial score (nSPS) is 16.4. The van der Waals surface area contributed by atoms with Crippen molar-refractivity contribution in [3.63, 3.8) is 0 Å². The van der Waals surface area contributed by atoms with Gasteiger partial charge in [-0.1, -0.05) is 13.8 Å². The fourth-order valence-corrected chi connectivity index (χ4v) is 2.43. The Morgan fingerprint density at radius 1 is 1.33 bits per heavy atom. The van der Waals surface area contributed by atoms with Gasteiger partial charge in [-0.05, 0) is 26.3 Å². The molecule has 0 aliphatic heterocycles. The first-order chi connectivity index (χ1) is 5.56. The lowest BCUT2D eigenvalue weighted by Gasteiger charge is -2.10. The van der Waals surface area contributed by atoms with Crippen molar-refractivity contribution in [2.24, 2.45) is 5.92 Å². The lowest BCUT2D eigenvalue weighted by molar-refractivity contribution is 0.589. The van der Waals surface area contributed by atoms with Crippen LogP contribution in [0.15, 0.2) is 0 Å². The second-order valence-electron chi connectivity index (χ2n) is 3.68. The van der Waals surface area contributed by atoms with Gasteiger partial charge in [0.15, 0.2) is 0 Å². The summed E-state index contributed by atoms with van der Waals surface area (Å²) in [6, 6.07) is 0.487. The van der Waals surface area contributed by atoms with E-state index in [2.05, 4.69) is 26.1 Å². The molecule has 0 aromatic rings. The van der Waals surface area contributed by atoms with Gasteiger partial charge in [0.1, 0.15) is 0 Å². The Morgan fingerprint density at radius 2 is 1.92 bits per heavy atom. The molecule has 2 atom stereocenters. The fraction of sp³-hybridized carbons (Fsp3) is 1.00. The van der Waals surface area contributed by atoms with Crippen LogP contribution in [0.2, 0.25) is 0 Å². The standard InChI is InChI=1S/C9H21NOS/c1-8(2)7-12(11)6-5-9(3)10-4/h8-10H,5-7H2,1-4H3. The van der Waals surface area contributed by atoms with Crippen molar-refractivity contribution < 1.29 is 4.21 Å². The van der Waals surface area contributed by atoms with Crippen LogP contribution in [0.4, 0.5) is 0 Å². The average molecular weight is 191 g/mol. The Bertz CT molecular complexity index is 136. The molecule has 0 saturated heterocycles. The Morgan fingerprint density at radius 3 is 2.33 bits per heavy atom. The van der Waals surface area contributed by atoms with Crippen LogP contribution in [0.3, 0.4) is 0 Å². The van der Waals surface area contributed by atoms with Crippen LogP contribution < -0.4 is 5.32 Å². The van der Waals surface area contributed by atoms with Gasteiger partial charge in [-0.25, -0.2) is 0 Å². The zero-order valence-corrected chi connectivity index (χ0v) is 9.41. The molecule has 0 heterocycles. The Labute approximate surface area is 78.6 Å². The van der Waals surface area contributed by atoms with Gasteiger partial charge in [0.05, 0.1) is 0 Å². The van der Waals surface area contributed by atoms with E-state index in [9.17, 15) is 4.21 Å². The maximum Gasteiger partial charge on any atom is 0.0257 e. The van der Waals surface area contributed by atoms with Crippen LogP contribution in [0.5, 0.6) is 0 Å². The molecule has 2 unspecified atom stereocenters. The van der Waals surface area contributed by atoms with Gasteiger partial charge >= 0.3 is 0 Å². The van der Waals surface area contributed by atoms with Crippen molar-refractivity contribution in [1.82, 2.24) is 5.32 Å². The number of nitrogens with one attached hydrogen (secondary N) is 1. The maximum absolute atomic E-state index is 11.4. The van der Waals surface area contributed by atoms with E-state index in [4.69, 9.17) is 0 Å². The zero-order chi connectivity index (χ0) is 9.56. The minimum atomic E-state index is -0.612. The molecule has 0 saturated carbocycles. The molecular formula is C9H21NOS. The third kappa shape index (κ3) is 6.80. The number of hydrogen-bond acceptors (Lipinski definition) is 2. The Hall–Kier alpha value is 0.110. The second kappa shape index (κ2) is 6.61. The first kappa shape index (κ1) is 12.1. The van der Waals surface area contributed by atoms with Crippen molar-refractivity contribution in [2.45, 2.75) is 33.2 Å². The van der Waals surface area contributed by atoms with Crippen LogP contribution in [-0.2, 0) is 10.8 Å². The van der Waals surface area contributed by atoms with Crippen LogP contribution in [0.1, 0.15) is 27.2 Å². The lowest BCUT2D eigenvalue weighted by atomic mass is 10.3. The summed E-state index contributed by atoms with van der Waals surface area (Å²) in [6.07, 6.45) is 1.01. The van der Waals surface area contributed by atoms with Gasteiger partial charge in [-0.2, -0.15) is 0 Å². The van der Waals surface area contributed by atoms with Crippen LogP contribution in [0.25, 0.3) is 0 Å². The van der Waals surface area contributed by atoms with Crippen molar-refractivity contribution in [1.29, 1.82) is 0 Å². The van der Waals surface area contributed by atoms with E-state index in [1.54, 1.807) is 0 Å². The van der Waals surface area contributed by atoms with Crippen LogP contribution >= 0.6 is 0 Å². The van der Waals surface area contributed by atoms with Crippen molar-refractivity contribution in [3.8, 4) is 0 Å². The third-order valence-electron chi connectivity index (χ3n) is 1.79. The molecule has 0 spiro atoms. The van der Waals surface area contributed by atoms with Gasteiger partial charge in [0.25, 0.3) is 0 Å². The predicted octanol–water partition coefficient (Wildman–Crippen LogP) is 1.39. The molecule has 0 bridgehead atoms. The molecule has 0 radical (unpaired) electrons. The minimum absolute atomic E-state index is 0.487. The predicted molar refractivity (Wildman–Crippen MR) is 55.9 cm³/mol. The summed E-state index contributed by atoms with van der Waals surface area (Å²) in [6.45, 7) is 6.34. The number of rotatable bonds is 6. The smallest absolute Gasteiger partial charge is 0.0257 e. The average Bonchev–Trinajstić information content (AvgIpc) is 1.99. The highest BCUT2D eigenvalue weighted by molar-refractivity contribution is 7.84. The summed E-state index contributed by atoms with van der Waals surface area (Å²) in [5.41, 5.74) is 0. The molecular weight excluding hydrogens is 170 g/mol. The quantitative estimate of drug-likeness (QED) is 0.687. The highest BCUT2D eigenvalue weighted by Gasteiger charge is 2.05. The van der Waals surface area contributed by atoms with E-state index in [0.29, 0.717) is 12.0 Å². The minimum Gasteiger partial charge on any atom is -0.317 e. The third-order valence-corrected chi connectivity index (χ3v) is 3.52. The molecule has 0 rings (SSSR count). The summed E-state index contributed by atoms with van der Waals surface area (Å²) < 4.78 is 11.4. The molecule has 1 N–H and O–H groups in total. The monoisotopic (exact) mass is 191 g/mol. The van der Waals surface area contributed by atoms with Crippen LogP contribution in [0, 0.1) is 5.92 Å². The van der Waals surface area contributed by atoms with Gasteiger partial charge in [0.2, 0.25) is 0 Å². The Kier molecular flexibility index (Phi) is 6.67. The molecule has 0 aromatic carbocycles. The van der Waals surface area contributed by atoms with E-state index < -0.39 is 10.8 Å². The second-order valence-corrected chi connectivity index (χ2v) is 5.30. The molecule has 0 aliphatic rings. The van der Waals surface area contributed by atoms with Crippen molar-refractivity contribution in [2.75, 3.05) is 18.6 Å². The lowest BCUT2D eigenvalue weighted by Crippen LogP contribution is -2.24. The van der Waals surface area contributed by atoms with E-state index in [0.717, 1.165) is 17.9 Å². The van der Waals surface area contributed by atoms with Gasteiger partial charge < -0.3 is 5.32 Å². The van der Waals surface area contributed by atoms with Crippen molar-refractivity contribution >= 4 is 10.8 Å². The number of hydrogen-bond donors (Lipinski definition) is 1. The highest BCUT2D eigenvalue weighted by Crippen LogP contribution is 1.99. The highest BCUT2D eigenvalue weighted by atomic mass is 32.2. The molecule has 0 aliphatic carbocycles. The first-order valence-corrected chi connectivity index (χ1v) is 6.07. The van der Waals surface area contributed by atoms with Gasteiger partial charge in [-0.3, -0.25) is 4.21 Å². The van der Waals surface area contributed by atoms with Crippen molar-refractivity contribution in [3.05, 3.63) is 0 Å². The maximum atomic E-state index is 11.4.